The van der Waals surface area contributed by atoms with Gasteiger partial charge in [0.05, 0.1) is 0 Å². The average Bonchev–Trinajstić information content (AvgIpc) is 2.99. The summed E-state index contributed by atoms with van der Waals surface area (Å²) in [6.45, 7) is 1.13. The molecule has 0 bridgehead atoms. The van der Waals surface area contributed by atoms with E-state index in [1.165, 1.54) is 5.56 Å². The Bertz CT molecular complexity index is 554. The number of nitrogens with zero attached hydrogens (tertiary/aromatic N) is 2. The monoisotopic (exact) mass is 289 g/mol. The molecule has 112 valence electrons. The largest absolute Gasteiger partial charge is 0.417 e. The number of carbonyl (C=O) groups is 1. The molecule has 0 aliphatic heterocycles. The van der Waals surface area contributed by atoms with Crippen LogP contribution in [-0.4, -0.2) is 36.4 Å². The number of benzene rings is 1. The van der Waals surface area contributed by atoms with Crippen molar-refractivity contribution >= 4 is 5.91 Å². The minimum Gasteiger partial charge on any atom is -0.417 e. The zero-order chi connectivity index (χ0) is 14.9. The number of ether oxygens (including phenoxy) is 1. The molecule has 0 spiro atoms. The number of rotatable bonds is 8. The van der Waals surface area contributed by atoms with Crippen LogP contribution in [0.2, 0.25) is 0 Å². The van der Waals surface area contributed by atoms with Crippen LogP contribution in [0.3, 0.4) is 0 Å². The number of hydrogen-bond donors (Lipinski definition) is 1. The second-order valence-corrected chi connectivity index (χ2v) is 4.59. The van der Waals surface area contributed by atoms with Crippen molar-refractivity contribution in [2.24, 2.45) is 0 Å². The fourth-order valence-electron chi connectivity index (χ4n) is 1.84. The van der Waals surface area contributed by atoms with Gasteiger partial charge in [-0.1, -0.05) is 30.3 Å². The number of carbonyl (C=O) groups excluding carboxylic acids is 1. The minimum absolute atomic E-state index is 0.00970. The van der Waals surface area contributed by atoms with E-state index in [2.05, 4.69) is 15.5 Å². The van der Waals surface area contributed by atoms with Crippen LogP contribution >= 0.6 is 0 Å². The SMILES string of the molecule is COCCCNC(=O)c1nnc(CCc2ccccc2)o1. The number of amides is 1. The van der Waals surface area contributed by atoms with Crippen LogP contribution in [0.25, 0.3) is 0 Å². The van der Waals surface area contributed by atoms with E-state index in [0.717, 1.165) is 12.8 Å². The lowest BCUT2D eigenvalue weighted by Gasteiger charge is -2.00. The summed E-state index contributed by atoms with van der Waals surface area (Å²) in [5.41, 5.74) is 1.20. The summed E-state index contributed by atoms with van der Waals surface area (Å²) in [5.74, 6) is 0.140. The van der Waals surface area contributed by atoms with E-state index in [9.17, 15) is 4.79 Å². The van der Waals surface area contributed by atoms with E-state index < -0.39 is 0 Å². The lowest BCUT2D eigenvalue weighted by Crippen LogP contribution is -2.25. The molecule has 0 saturated heterocycles. The van der Waals surface area contributed by atoms with E-state index in [1.54, 1.807) is 7.11 Å². The molecule has 1 heterocycles. The maximum absolute atomic E-state index is 11.7. The highest BCUT2D eigenvalue weighted by Crippen LogP contribution is 2.06. The summed E-state index contributed by atoms with van der Waals surface area (Å²) in [5, 5.41) is 10.4. The Kier molecular flexibility index (Phi) is 5.90. The molecule has 0 aliphatic rings. The Hall–Kier alpha value is -2.21. The van der Waals surface area contributed by atoms with E-state index in [0.29, 0.717) is 25.5 Å². The van der Waals surface area contributed by atoms with Crippen LogP contribution < -0.4 is 5.32 Å². The van der Waals surface area contributed by atoms with Gasteiger partial charge >= 0.3 is 11.8 Å². The van der Waals surface area contributed by atoms with Gasteiger partial charge in [-0.2, -0.15) is 0 Å². The third kappa shape index (κ3) is 5.00. The van der Waals surface area contributed by atoms with Crippen LogP contribution in [0.4, 0.5) is 0 Å². The molecule has 6 nitrogen and oxygen atoms in total. The van der Waals surface area contributed by atoms with Crippen molar-refractivity contribution in [1.82, 2.24) is 15.5 Å². The summed E-state index contributed by atoms with van der Waals surface area (Å²) in [7, 11) is 1.62. The standard InChI is InChI=1S/C15H19N3O3/c1-20-11-5-10-16-14(19)15-18-17-13(21-15)9-8-12-6-3-2-4-7-12/h2-4,6-7H,5,8-11H2,1H3,(H,16,19). The summed E-state index contributed by atoms with van der Waals surface area (Å²) >= 11 is 0. The summed E-state index contributed by atoms with van der Waals surface area (Å²) in [6, 6.07) is 10.0. The Labute approximate surface area is 123 Å². The molecule has 21 heavy (non-hydrogen) atoms. The number of methoxy groups -OCH3 is 1. The first-order valence-corrected chi connectivity index (χ1v) is 6.93. The van der Waals surface area contributed by atoms with Crippen molar-refractivity contribution in [3.63, 3.8) is 0 Å². The van der Waals surface area contributed by atoms with Gasteiger partial charge in [-0.3, -0.25) is 4.79 Å². The molecule has 0 radical (unpaired) electrons. The predicted octanol–water partition coefficient (Wildman–Crippen LogP) is 1.62. The third-order valence-corrected chi connectivity index (χ3v) is 2.94. The van der Waals surface area contributed by atoms with E-state index >= 15 is 0 Å². The van der Waals surface area contributed by atoms with Gasteiger partial charge in [0.1, 0.15) is 0 Å². The zero-order valence-corrected chi connectivity index (χ0v) is 12.0. The first-order valence-electron chi connectivity index (χ1n) is 6.93. The van der Waals surface area contributed by atoms with Crippen LogP contribution in [0.15, 0.2) is 34.7 Å². The van der Waals surface area contributed by atoms with Gasteiger partial charge in [0.15, 0.2) is 0 Å². The van der Waals surface area contributed by atoms with Crippen LogP contribution in [0.5, 0.6) is 0 Å². The summed E-state index contributed by atoms with van der Waals surface area (Å²) < 4.78 is 10.3. The van der Waals surface area contributed by atoms with E-state index in [-0.39, 0.29) is 11.8 Å². The molecule has 0 fully saturated rings. The average molecular weight is 289 g/mol. The van der Waals surface area contributed by atoms with Gasteiger partial charge in [-0.05, 0) is 18.4 Å². The number of nitrogens with one attached hydrogen (secondary N) is 1. The lowest BCUT2D eigenvalue weighted by molar-refractivity contribution is 0.0912. The molecule has 2 rings (SSSR count). The normalized spacial score (nSPS) is 10.5. The molecule has 0 saturated carbocycles. The molecule has 1 N–H and O–H groups in total. The maximum Gasteiger partial charge on any atom is 0.308 e. The second kappa shape index (κ2) is 8.16. The first kappa shape index (κ1) is 15.2. The van der Waals surface area contributed by atoms with Gasteiger partial charge in [0, 0.05) is 26.7 Å². The molecule has 1 amide bonds. The topological polar surface area (TPSA) is 77.2 Å². The molecule has 0 atom stereocenters. The number of aromatic nitrogens is 2. The van der Waals surface area contributed by atoms with Crippen molar-refractivity contribution in [2.75, 3.05) is 20.3 Å². The number of hydrogen-bond acceptors (Lipinski definition) is 5. The predicted molar refractivity (Wildman–Crippen MR) is 77.0 cm³/mol. The van der Waals surface area contributed by atoms with Gasteiger partial charge in [0.2, 0.25) is 5.89 Å². The van der Waals surface area contributed by atoms with Crippen molar-refractivity contribution in [2.45, 2.75) is 19.3 Å². The van der Waals surface area contributed by atoms with Crippen molar-refractivity contribution in [1.29, 1.82) is 0 Å². The minimum atomic E-state index is -0.343. The molecule has 1 aromatic carbocycles. The summed E-state index contributed by atoms with van der Waals surface area (Å²) in [4.78, 5) is 11.7. The maximum atomic E-state index is 11.7. The molecular formula is C15H19N3O3. The Balaban J connectivity index is 1.79. The highest BCUT2D eigenvalue weighted by atomic mass is 16.5. The third-order valence-electron chi connectivity index (χ3n) is 2.94. The van der Waals surface area contributed by atoms with Crippen molar-refractivity contribution in [3.05, 3.63) is 47.7 Å². The molecule has 0 aliphatic carbocycles. The van der Waals surface area contributed by atoms with Crippen LogP contribution in [0.1, 0.15) is 28.6 Å². The molecular weight excluding hydrogens is 270 g/mol. The molecule has 6 heteroatoms. The van der Waals surface area contributed by atoms with Crippen LogP contribution in [-0.2, 0) is 17.6 Å². The Morgan fingerprint density at radius 1 is 1.24 bits per heavy atom. The van der Waals surface area contributed by atoms with Crippen LogP contribution in [0, 0.1) is 0 Å². The molecule has 0 unspecified atom stereocenters. The highest BCUT2D eigenvalue weighted by Gasteiger charge is 2.14. The first-order chi connectivity index (χ1) is 10.3. The van der Waals surface area contributed by atoms with Crippen molar-refractivity contribution < 1.29 is 13.9 Å². The smallest absolute Gasteiger partial charge is 0.308 e. The van der Waals surface area contributed by atoms with E-state index in [4.69, 9.17) is 9.15 Å². The quantitative estimate of drug-likeness (QED) is 0.747. The molecule has 2 aromatic rings. The second-order valence-electron chi connectivity index (χ2n) is 4.59. The van der Waals surface area contributed by atoms with Gasteiger partial charge in [-0.15, -0.1) is 10.2 Å². The summed E-state index contributed by atoms with van der Waals surface area (Å²) in [6.07, 6.45) is 2.17. The Morgan fingerprint density at radius 3 is 2.81 bits per heavy atom. The zero-order valence-electron chi connectivity index (χ0n) is 12.0. The van der Waals surface area contributed by atoms with E-state index in [1.807, 2.05) is 30.3 Å². The Morgan fingerprint density at radius 2 is 2.05 bits per heavy atom. The molecule has 1 aromatic heterocycles. The number of aryl methyl sites for hydroxylation is 2. The lowest BCUT2D eigenvalue weighted by atomic mass is 10.1. The fraction of sp³-hybridized carbons (Fsp3) is 0.400. The van der Waals surface area contributed by atoms with Gasteiger partial charge < -0.3 is 14.5 Å². The van der Waals surface area contributed by atoms with Gasteiger partial charge in [-0.25, -0.2) is 0 Å². The highest BCUT2D eigenvalue weighted by molar-refractivity contribution is 5.89. The van der Waals surface area contributed by atoms with Crippen molar-refractivity contribution in [3.8, 4) is 0 Å². The fourth-order valence-corrected chi connectivity index (χ4v) is 1.84. The van der Waals surface area contributed by atoms with Gasteiger partial charge in [0.25, 0.3) is 0 Å².